The van der Waals surface area contributed by atoms with Gasteiger partial charge in [0.05, 0.1) is 24.4 Å². The molecule has 0 atom stereocenters. The third-order valence-corrected chi connectivity index (χ3v) is 16.0. The maximum absolute atomic E-state index is 11.3. The number of allylic oxidation sites excluding steroid dienone is 5. The summed E-state index contributed by atoms with van der Waals surface area (Å²) in [5.74, 6) is -1.19. The Hall–Kier alpha value is -10.5. The van der Waals surface area contributed by atoms with E-state index in [-0.39, 0.29) is 49.0 Å². The number of carbonyl (C=O) groups excluding carboxylic acids is 15. The van der Waals surface area contributed by atoms with E-state index < -0.39 is 44.3 Å². The highest BCUT2D eigenvalue weighted by atomic mass is 35.5. The fourth-order valence-corrected chi connectivity index (χ4v) is 9.00. The van der Waals surface area contributed by atoms with Crippen LogP contribution in [0.2, 0.25) is 0 Å². The number of aryl methyl sites for hydroxylation is 1. The Morgan fingerprint density at radius 3 is 1.38 bits per heavy atom. The number of isocyanates is 2. The number of imide groups is 3. The lowest BCUT2D eigenvalue weighted by molar-refractivity contribution is -0.138. The molecular weight excluding hydrogens is 1670 g/mol. The lowest BCUT2D eigenvalue weighted by Crippen LogP contribution is -2.30. The number of carbonyl (C=O) groups is 13. The molecule has 3 heterocycles. The molecule has 0 spiro atoms. The summed E-state index contributed by atoms with van der Waals surface area (Å²) in [6.45, 7) is 28.1. The maximum Gasteiger partial charge on any atom is 0.330 e. The molecule has 8 rings (SSSR count). The number of unbranched alkanes of at least 4 members (excludes halogenated alkanes) is 4. The Balaban J connectivity index is -0.000000614. The third-order valence-electron chi connectivity index (χ3n) is 14.3. The van der Waals surface area contributed by atoms with Gasteiger partial charge in [-0.2, -0.15) is 4.99 Å². The van der Waals surface area contributed by atoms with Gasteiger partial charge in [0.2, 0.25) is 38.4 Å². The van der Waals surface area contributed by atoms with Gasteiger partial charge in [0.15, 0.2) is 0 Å². The van der Waals surface area contributed by atoms with Crippen molar-refractivity contribution in [3.8, 4) is 0 Å². The molecule has 6 amide bonds. The number of hydrogen-bond donors (Lipinski definition) is 0. The van der Waals surface area contributed by atoms with Crippen molar-refractivity contribution in [1.82, 2.24) is 9.80 Å². The third kappa shape index (κ3) is 54.9. The van der Waals surface area contributed by atoms with E-state index in [9.17, 15) is 71.9 Å². The average Bonchev–Trinajstić information content (AvgIpc) is 1.76. The largest absolute Gasteiger partial charge is 0.463 e. The Kier molecular flexibility index (Phi) is 65.2. The first-order valence-electron chi connectivity index (χ1n) is 34.7. The number of benzene rings is 5. The van der Waals surface area contributed by atoms with Crippen LogP contribution in [0.4, 0.5) is 5.69 Å². The molecule has 21 nitrogen and oxygen atoms in total. The van der Waals surface area contributed by atoms with Crippen LogP contribution in [0.15, 0.2) is 237 Å². The topological polar surface area (TPSA) is 300 Å². The van der Waals surface area contributed by atoms with Gasteiger partial charge in [-0.3, -0.25) is 67.3 Å². The Morgan fingerprint density at radius 1 is 0.530 bits per heavy atom. The van der Waals surface area contributed by atoms with Crippen molar-refractivity contribution in [2.75, 3.05) is 37.0 Å². The van der Waals surface area contributed by atoms with E-state index in [0.29, 0.717) is 86.9 Å². The van der Waals surface area contributed by atoms with E-state index in [1.54, 1.807) is 26.0 Å². The SMILES string of the molecule is C.C.C=C(C)C(=O)Cl.C=C(C)c1cccc(C(C)(C)N=C=O)c1.C=CC(=O)Cl.C=Cc1ccc(CCC(=O)Cl)cc1.C=Cc1ccc(CCl)cc1.CCOC(=O)/C=C\C(=O)Cl.ClC/C=C/c1ccccc1.O=C(Cl)CCCCCN1C(=O)C=CC1=O.O=C(Cl)c1ccc(N2C(=O)C=CC2=O)cc1.O=C=NCCCCCN1C(=O)C=CC1=O. The number of amides is 6. The minimum absolute atomic E-state index is 0. The number of ether oxygens (including phenoxy) is 1. The minimum Gasteiger partial charge on any atom is -0.463 e. The number of aliphatic imine (C=N–C) groups is 2. The number of alkyl halides is 2. The van der Waals surface area contributed by atoms with Crippen LogP contribution < -0.4 is 4.90 Å². The van der Waals surface area contributed by atoms with Gasteiger partial charge >= 0.3 is 5.97 Å². The van der Waals surface area contributed by atoms with Crippen LogP contribution in [0.3, 0.4) is 0 Å². The molecule has 0 saturated carbocycles. The van der Waals surface area contributed by atoms with Crippen molar-refractivity contribution < 1.29 is 76.7 Å². The van der Waals surface area contributed by atoms with E-state index in [2.05, 4.69) is 47.6 Å². The summed E-state index contributed by atoms with van der Waals surface area (Å²) in [4.78, 5) is 169. The number of halogens is 8. The molecule has 0 unspecified atom stereocenters. The second-order valence-electron chi connectivity index (χ2n) is 23.6. The zero-order valence-corrected chi connectivity index (χ0v) is 70.1. The molecule has 0 bridgehead atoms. The maximum atomic E-state index is 11.3. The predicted molar refractivity (Wildman–Crippen MR) is 473 cm³/mol. The number of esters is 1. The molecular formula is C88H97Cl8N5O16. The molecule has 0 radical (unpaired) electrons. The van der Waals surface area contributed by atoms with Gasteiger partial charge in [-0.15, -0.1) is 23.2 Å². The van der Waals surface area contributed by atoms with Crippen LogP contribution in [0, 0.1) is 0 Å². The fourth-order valence-electron chi connectivity index (χ4n) is 8.31. The first-order chi connectivity index (χ1) is 54.5. The van der Waals surface area contributed by atoms with Crippen LogP contribution in [0.25, 0.3) is 23.8 Å². The Morgan fingerprint density at radius 2 is 0.991 bits per heavy atom. The molecule has 117 heavy (non-hydrogen) atoms. The second kappa shape index (κ2) is 67.6. The summed E-state index contributed by atoms with van der Waals surface area (Å²) in [5, 5.41) is -2.87. The van der Waals surface area contributed by atoms with Crippen LogP contribution in [-0.2, 0) is 89.7 Å². The molecule has 0 fully saturated rings. The van der Waals surface area contributed by atoms with E-state index >= 15 is 0 Å². The minimum atomic E-state index is -0.687. The molecule has 3 aliphatic heterocycles. The van der Waals surface area contributed by atoms with Gasteiger partial charge < -0.3 is 4.74 Å². The van der Waals surface area contributed by atoms with Crippen molar-refractivity contribution >= 4 is 207 Å². The summed E-state index contributed by atoms with van der Waals surface area (Å²) in [7, 11) is 0. The highest BCUT2D eigenvalue weighted by Crippen LogP contribution is 2.27. The van der Waals surface area contributed by atoms with Crippen molar-refractivity contribution in [2.45, 2.75) is 119 Å². The molecule has 0 aromatic heterocycles. The van der Waals surface area contributed by atoms with E-state index in [0.717, 1.165) is 87.8 Å². The number of hydrogen-bond acceptors (Lipinski definition) is 18. The number of nitrogens with zero attached hydrogens (tertiary/aromatic N) is 5. The van der Waals surface area contributed by atoms with Crippen molar-refractivity contribution in [3.05, 3.63) is 271 Å². The number of rotatable bonds is 30. The second-order valence-corrected chi connectivity index (χ2v) is 26.5. The smallest absolute Gasteiger partial charge is 0.330 e. The van der Waals surface area contributed by atoms with Crippen molar-refractivity contribution in [3.63, 3.8) is 0 Å². The predicted octanol–water partition coefficient (Wildman–Crippen LogP) is 19.9. The quantitative estimate of drug-likeness (QED) is 0.00603. The molecule has 0 aliphatic carbocycles. The molecule has 5 aromatic carbocycles. The van der Waals surface area contributed by atoms with Crippen molar-refractivity contribution in [2.24, 2.45) is 9.98 Å². The van der Waals surface area contributed by atoms with Gasteiger partial charge in [0.1, 0.15) is 0 Å². The van der Waals surface area contributed by atoms with Gasteiger partial charge in [-0.1, -0.05) is 181 Å². The fraction of sp³-hybridized carbons (Fsp3) is 0.261. The summed E-state index contributed by atoms with van der Waals surface area (Å²) >= 11 is 41.2. The zero-order valence-electron chi connectivity index (χ0n) is 64.1. The van der Waals surface area contributed by atoms with E-state index in [1.165, 1.54) is 82.2 Å². The van der Waals surface area contributed by atoms with E-state index in [4.69, 9.17) is 92.8 Å². The van der Waals surface area contributed by atoms with Gasteiger partial charge in [0, 0.05) is 97.4 Å². The van der Waals surface area contributed by atoms with Crippen LogP contribution in [0.5, 0.6) is 0 Å². The summed E-state index contributed by atoms with van der Waals surface area (Å²) in [6.07, 6.45) is 27.1. The molecule has 29 heteroatoms. The summed E-state index contributed by atoms with van der Waals surface area (Å²) in [5.41, 5.74) is 9.35. The van der Waals surface area contributed by atoms with E-state index in [1.807, 2.05) is 142 Å². The Labute approximate surface area is 725 Å². The van der Waals surface area contributed by atoms with Gasteiger partial charge in [-0.25, -0.2) is 24.3 Å². The van der Waals surface area contributed by atoms with Crippen molar-refractivity contribution in [1.29, 1.82) is 0 Å². The van der Waals surface area contributed by atoms with Crippen LogP contribution in [0.1, 0.15) is 150 Å². The highest BCUT2D eigenvalue weighted by Gasteiger charge is 2.26. The van der Waals surface area contributed by atoms with Crippen LogP contribution >= 0.6 is 92.8 Å². The lowest BCUT2D eigenvalue weighted by atomic mass is 9.92. The molecule has 5 aromatic rings. The summed E-state index contributed by atoms with van der Waals surface area (Å²) < 4.78 is 4.46. The Bertz CT molecular complexity index is 4260. The highest BCUT2D eigenvalue weighted by molar-refractivity contribution is 6.68. The molecule has 3 aliphatic rings. The zero-order chi connectivity index (χ0) is 87.3. The average molecular weight is 1760 g/mol. The lowest BCUT2D eigenvalue weighted by Gasteiger charge is -2.18. The number of anilines is 1. The normalized spacial score (nSPS) is 11.4. The van der Waals surface area contributed by atoms with Gasteiger partial charge in [0.25, 0.3) is 40.7 Å². The molecule has 0 N–H and O–H groups in total. The summed E-state index contributed by atoms with van der Waals surface area (Å²) in [6, 6.07) is 39.8. The first kappa shape index (κ1) is 113. The molecule has 0 saturated heterocycles. The van der Waals surface area contributed by atoms with Gasteiger partial charge in [-0.05, 0) is 218 Å². The first-order valence-corrected chi connectivity index (χ1v) is 38.0. The monoisotopic (exact) mass is 1760 g/mol. The molecule has 626 valence electrons. The standard InChI is InChI=1S/C13H15NO.C11H6ClNO3.C11H11ClO.C10H12ClNO3.C10H12N2O3.2C9H9Cl.C6H7ClO3.C4H5ClO.C3H3ClO.2CH4/c1-10(2)11-6-5-7-12(8-11)13(3,4)14-9-15;12-11(16)7-1-3-8(4-2-7)13-9(14)5-6-10(13)15;1-2-9-3-5-10(6-4-9)7-8-11(12)13;11-8(13)4-2-1-3-7-12-9(14)5-6-10(12)15;13-8-11-6-2-1-3-7-12-9(14)4-5-10(12)15;1-2-8-3-5-9(7-10)6-4-8;10-8-4-7-9-5-2-1-3-6-9;1-2-10-6(9)4-3-5(7)8;1-3(2)4(5)6;1-2-3(4)5;;/h5-8H,1H2,2-4H3;1-6H;2-6H,1,7-8H2;5-6H,1-4,7H2;4-5H,1-3,6-7H2;2-6H,1,7H2;1-7H,8H2;3-4H,2H2,1H3;1H2,2H3;2H,1H2;2*1H4/b;;;;;;7-4+;4-3-;;;;. The van der Waals surface area contributed by atoms with Crippen LogP contribution in [-0.4, -0.2) is 127 Å².